The molecule has 0 radical (unpaired) electrons. The number of likely N-dealkylation sites (tertiary alicyclic amines) is 2. The molecule has 2 amide bonds. The van der Waals surface area contributed by atoms with Gasteiger partial charge in [0.1, 0.15) is 24.3 Å². The molecule has 4 aliphatic rings. The van der Waals surface area contributed by atoms with Crippen LogP contribution in [-0.4, -0.2) is 66.2 Å². The summed E-state index contributed by atoms with van der Waals surface area (Å²) in [5.74, 6) is 0.0721. The number of ether oxygens (including phenoxy) is 3. The number of aliphatic hydroxyl groups is 1. The predicted octanol–water partition coefficient (Wildman–Crippen LogP) is 5.86. The van der Waals surface area contributed by atoms with E-state index in [0.717, 1.165) is 18.4 Å². The van der Waals surface area contributed by atoms with Crippen molar-refractivity contribution in [3.8, 4) is 11.5 Å². The van der Waals surface area contributed by atoms with Gasteiger partial charge in [-0.2, -0.15) is 0 Å². The number of carbonyl (C=O) groups excluding carboxylic acids is 3. The van der Waals surface area contributed by atoms with E-state index in [4.69, 9.17) is 25.8 Å². The Morgan fingerprint density at radius 2 is 1.95 bits per heavy atom. The van der Waals surface area contributed by atoms with Crippen molar-refractivity contribution >= 4 is 29.4 Å². The maximum absolute atomic E-state index is 14.5. The number of hydrogen-bond acceptors (Lipinski definition) is 7. The van der Waals surface area contributed by atoms with Crippen LogP contribution in [0, 0.1) is 16.7 Å². The predicted molar refractivity (Wildman–Crippen MR) is 161 cm³/mol. The van der Waals surface area contributed by atoms with Gasteiger partial charge in [0, 0.05) is 48.7 Å². The molecular formula is C33H43ClN2O7. The smallest absolute Gasteiger partial charge is 0.312 e. The molecule has 1 aromatic rings. The summed E-state index contributed by atoms with van der Waals surface area (Å²) in [4.78, 5) is 45.1. The average Bonchev–Trinajstić information content (AvgIpc) is 3.51. The number of piperidine rings is 1. The molecule has 43 heavy (non-hydrogen) atoms. The van der Waals surface area contributed by atoms with Gasteiger partial charge in [0.2, 0.25) is 11.8 Å². The first-order chi connectivity index (χ1) is 20.6. The van der Waals surface area contributed by atoms with Crippen molar-refractivity contribution in [2.24, 2.45) is 16.7 Å². The van der Waals surface area contributed by atoms with Gasteiger partial charge in [-0.25, -0.2) is 0 Å². The number of benzene rings is 1. The van der Waals surface area contributed by atoms with Crippen LogP contribution in [0.5, 0.6) is 11.5 Å². The highest BCUT2D eigenvalue weighted by molar-refractivity contribution is 6.26. The molecule has 0 bridgehead atoms. The second-order valence-electron chi connectivity index (χ2n) is 12.7. The van der Waals surface area contributed by atoms with E-state index in [-0.39, 0.29) is 29.6 Å². The molecule has 5 rings (SSSR count). The van der Waals surface area contributed by atoms with Gasteiger partial charge in [-0.15, -0.1) is 0 Å². The first kappa shape index (κ1) is 31.2. The molecule has 9 nitrogen and oxygen atoms in total. The Bertz CT molecular complexity index is 1340. The normalized spacial score (nSPS) is 28.4. The lowest BCUT2D eigenvalue weighted by atomic mass is 9.78. The molecule has 2 aliphatic carbocycles. The third-order valence-corrected chi connectivity index (χ3v) is 10.2. The first-order valence-corrected chi connectivity index (χ1v) is 15.7. The summed E-state index contributed by atoms with van der Waals surface area (Å²) in [5, 5.41) is 11.3. The molecule has 1 N–H and O–H groups in total. The number of hydrogen-bond donors (Lipinski definition) is 1. The van der Waals surface area contributed by atoms with Crippen molar-refractivity contribution in [3.05, 3.63) is 46.2 Å². The minimum absolute atomic E-state index is 0.000849. The van der Waals surface area contributed by atoms with Crippen LogP contribution in [0.25, 0.3) is 0 Å². The standard InChI is InChI=1S/C33H43ClN2O7/c1-5-7-25(37)28-21(18-34)11-15-35(29(28)36-20-33(13-14-33)17-27(36)38)30(39)24-8-6-12-32(24,2)31(40)43-19-22-9-10-23(41-3)16-26(22)42-4/h9-10,16,18,24,29,37H,5-8,11-15,17,19-20H2,1-4H3/b21-18+,28-25-/t24?,29?,32-/m0/s1. The molecule has 1 spiro atoms. The van der Waals surface area contributed by atoms with Crippen LogP contribution in [0.3, 0.4) is 0 Å². The van der Waals surface area contributed by atoms with Gasteiger partial charge in [0.25, 0.3) is 0 Å². The van der Waals surface area contributed by atoms with Crippen molar-refractivity contribution in [1.29, 1.82) is 0 Å². The Morgan fingerprint density at radius 1 is 1.19 bits per heavy atom. The van der Waals surface area contributed by atoms with E-state index in [1.165, 1.54) is 5.54 Å². The summed E-state index contributed by atoms with van der Waals surface area (Å²) in [5.41, 5.74) is 2.39. The van der Waals surface area contributed by atoms with E-state index < -0.39 is 23.5 Å². The van der Waals surface area contributed by atoms with Gasteiger partial charge < -0.3 is 29.1 Å². The summed E-state index contributed by atoms with van der Waals surface area (Å²) < 4.78 is 16.6. The largest absolute Gasteiger partial charge is 0.512 e. The molecule has 2 aliphatic heterocycles. The van der Waals surface area contributed by atoms with Crippen LogP contribution in [0.2, 0.25) is 0 Å². The van der Waals surface area contributed by atoms with Crippen molar-refractivity contribution in [2.75, 3.05) is 27.3 Å². The summed E-state index contributed by atoms with van der Waals surface area (Å²) in [6.07, 6.45) is 5.00. The molecule has 2 heterocycles. The van der Waals surface area contributed by atoms with Gasteiger partial charge in [0.05, 0.1) is 31.3 Å². The zero-order chi connectivity index (χ0) is 30.9. The average molecular weight is 615 g/mol. The lowest BCUT2D eigenvalue weighted by Gasteiger charge is -2.46. The van der Waals surface area contributed by atoms with Crippen LogP contribution >= 0.6 is 11.6 Å². The number of aliphatic hydroxyl groups excluding tert-OH is 1. The second-order valence-corrected chi connectivity index (χ2v) is 12.9. The number of carbonyl (C=O) groups is 3. The molecule has 4 fully saturated rings. The van der Waals surface area contributed by atoms with Gasteiger partial charge in [-0.3, -0.25) is 14.4 Å². The Labute approximate surface area is 258 Å². The Balaban J connectivity index is 1.42. The summed E-state index contributed by atoms with van der Waals surface area (Å²) in [6.45, 7) is 4.67. The fourth-order valence-corrected chi connectivity index (χ4v) is 7.37. The molecule has 0 aromatic heterocycles. The molecule has 2 saturated carbocycles. The Morgan fingerprint density at radius 3 is 2.58 bits per heavy atom. The zero-order valence-electron chi connectivity index (χ0n) is 25.6. The Hall–Kier alpha value is -3.20. The van der Waals surface area contributed by atoms with Crippen LogP contribution in [0.15, 0.2) is 40.6 Å². The maximum Gasteiger partial charge on any atom is 0.312 e. The number of allylic oxidation sites excluding steroid dienone is 1. The summed E-state index contributed by atoms with van der Waals surface area (Å²) in [7, 11) is 3.11. The number of methoxy groups -OCH3 is 2. The Kier molecular flexibility index (Phi) is 9.02. The molecule has 1 aromatic carbocycles. The fourth-order valence-electron chi connectivity index (χ4n) is 7.14. The van der Waals surface area contributed by atoms with Gasteiger partial charge >= 0.3 is 5.97 Å². The summed E-state index contributed by atoms with van der Waals surface area (Å²) in [6, 6.07) is 5.30. The highest BCUT2D eigenvalue weighted by Gasteiger charge is 2.57. The topological polar surface area (TPSA) is 106 Å². The zero-order valence-corrected chi connectivity index (χ0v) is 26.4. The van der Waals surface area contributed by atoms with Crippen LogP contribution < -0.4 is 9.47 Å². The molecular weight excluding hydrogens is 572 g/mol. The van der Waals surface area contributed by atoms with E-state index in [1.54, 1.807) is 42.2 Å². The van der Waals surface area contributed by atoms with E-state index in [9.17, 15) is 19.5 Å². The van der Waals surface area contributed by atoms with E-state index >= 15 is 0 Å². The van der Waals surface area contributed by atoms with Gasteiger partial charge in [-0.1, -0.05) is 24.9 Å². The lowest BCUT2D eigenvalue weighted by Crippen LogP contribution is -2.58. The van der Waals surface area contributed by atoms with Crippen LogP contribution in [-0.2, 0) is 25.7 Å². The lowest BCUT2D eigenvalue weighted by molar-refractivity contribution is -0.165. The van der Waals surface area contributed by atoms with Gasteiger partial charge in [0.15, 0.2) is 0 Å². The first-order valence-electron chi connectivity index (χ1n) is 15.3. The number of rotatable bonds is 9. The van der Waals surface area contributed by atoms with Gasteiger partial charge in [-0.05, 0) is 68.6 Å². The number of halogens is 1. The highest BCUT2D eigenvalue weighted by atomic mass is 35.5. The molecule has 234 valence electrons. The number of nitrogens with zero attached hydrogens (tertiary/aromatic N) is 2. The van der Waals surface area contributed by atoms with Crippen molar-refractivity contribution in [3.63, 3.8) is 0 Å². The fraction of sp³-hybridized carbons (Fsp3) is 0.606. The van der Waals surface area contributed by atoms with Crippen molar-refractivity contribution in [1.82, 2.24) is 9.80 Å². The molecule has 10 heteroatoms. The second kappa shape index (κ2) is 12.4. The van der Waals surface area contributed by atoms with E-state index in [0.29, 0.717) is 80.7 Å². The van der Waals surface area contributed by atoms with Crippen molar-refractivity contribution in [2.45, 2.75) is 84.4 Å². The third kappa shape index (κ3) is 5.85. The third-order valence-electron chi connectivity index (χ3n) is 9.91. The van der Waals surface area contributed by atoms with Crippen molar-refractivity contribution < 1.29 is 33.7 Å². The molecule has 3 atom stereocenters. The quantitative estimate of drug-likeness (QED) is 0.274. The summed E-state index contributed by atoms with van der Waals surface area (Å²) >= 11 is 6.27. The number of esters is 1. The minimum atomic E-state index is -1.04. The van der Waals surface area contributed by atoms with E-state index in [2.05, 4.69) is 0 Å². The monoisotopic (exact) mass is 614 g/mol. The minimum Gasteiger partial charge on any atom is -0.512 e. The van der Waals surface area contributed by atoms with Crippen LogP contribution in [0.4, 0.5) is 0 Å². The van der Waals surface area contributed by atoms with Crippen LogP contribution in [0.1, 0.15) is 77.2 Å². The maximum atomic E-state index is 14.5. The highest BCUT2D eigenvalue weighted by Crippen LogP contribution is 2.55. The number of amides is 2. The van der Waals surface area contributed by atoms with E-state index in [1.807, 2.05) is 13.8 Å². The molecule has 2 unspecified atom stereocenters. The SMILES string of the molecule is CCC/C(O)=C1\C(=C\Cl)CCN(C(=O)C2CCC[C@]2(C)C(=O)OCc2ccc(OC)cc2OC)C1N1CC2(CC2)CC1=O. The molecule has 2 saturated heterocycles.